The van der Waals surface area contributed by atoms with Gasteiger partial charge in [0.2, 0.25) is 3.79 Å². The Morgan fingerprint density at radius 2 is 1.67 bits per heavy atom. The lowest BCUT2D eigenvalue weighted by Crippen LogP contribution is -2.49. The van der Waals surface area contributed by atoms with Gasteiger partial charge in [-0.1, -0.05) is 50.7 Å². The van der Waals surface area contributed by atoms with Crippen molar-refractivity contribution in [3.8, 4) is 5.75 Å². The first kappa shape index (κ1) is 19.2. The number of hydrogen-bond acceptors (Lipinski definition) is 3. The molecule has 1 amide bonds. The van der Waals surface area contributed by atoms with E-state index in [9.17, 15) is 4.79 Å². The van der Waals surface area contributed by atoms with Crippen LogP contribution in [0.5, 0.6) is 5.75 Å². The normalized spacial score (nSPS) is 12.4. The fraction of sp³-hybridized carbons (Fsp3) is 0.188. The van der Waals surface area contributed by atoms with E-state index < -0.39 is 9.96 Å². The monoisotopic (exact) mass is 450 g/mol. The maximum absolute atomic E-state index is 12.4. The van der Waals surface area contributed by atoms with Crippen molar-refractivity contribution >= 4 is 62.3 Å². The number of ether oxygens (including phenoxy) is 1. The summed E-state index contributed by atoms with van der Waals surface area (Å²) in [5, 5.41) is 5.67. The lowest BCUT2D eigenvalue weighted by Gasteiger charge is -2.27. The number of carbonyl (C=O) groups is 1. The van der Waals surface area contributed by atoms with E-state index in [4.69, 9.17) is 39.5 Å². The fourth-order valence-corrected chi connectivity index (χ4v) is 2.46. The summed E-state index contributed by atoms with van der Waals surface area (Å²) in [6, 6.07) is 13.9. The van der Waals surface area contributed by atoms with Gasteiger partial charge in [-0.2, -0.15) is 0 Å². The molecule has 24 heavy (non-hydrogen) atoms. The molecule has 0 aliphatic rings. The van der Waals surface area contributed by atoms with Gasteiger partial charge in [-0.15, -0.1) is 0 Å². The molecule has 0 aliphatic heterocycles. The van der Waals surface area contributed by atoms with Crippen LogP contribution < -0.4 is 15.4 Å². The molecule has 0 aliphatic carbocycles. The number of nitrogens with one attached hydrogen (secondary N) is 2. The highest BCUT2D eigenvalue weighted by molar-refractivity contribution is 9.10. The van der Waals surface area contributed by atoms with E-state index in [1.807, 2.05) is 12.1 Å². The highest BCUT2D eigenvalue weighted by Crippen LogP contribution is 2.31. The summed E-state index contributed by atoms with van der Waals surface area (Å²) in [7, 11) is 1.55. The van der Waals surface area contributed by atoms with Crippen molar-refractivity contribution in [2.75, 3.05) is 12.4 Å². The number of benzene rings is 2. The summed E-state index contributed by atoms with van der Waals surface area (Å²) < 4.78 is 4.24. The zero-order chi connectivity index (χ0) is 17.7. The molecule has 0 heterocycles. The number of hydrogen-bond donors (Lipinski definition) is 2. The van der Waals surface area contributed by atoms with Gasteiger partial charge in [0, 0.05) is 15.7 Å². The summed E-state index contributed by atoms with van der Waals surface area (Å²) in [4.78, 5) is 12.4. The number of anilines is 1. The zero-order valence-electron chi connectivity index (χ0n) is 12.5. The van der Waals surface area contributed by atoms with Crippen molar-refractivity contribution in [1.82, 2.24) is 5.32 Å². The maximum atomic E-state index is 12.4. The van der Waals surface area contributed by atoms with Gasteiger partial charge in [-0.25, -0.2) is 0 Å². The minimum atomic E-state index is -1.74. The molecule has 8 heteroatoms. The minimum Gasteiger partial charge on any atom is -0.497 e. The Morgan fingerprint density at radius 3 is 2.17 bits per heavy atom. The second-order valence-electron chi connectivity index (χ2n) is 4.83. The zero-order valence-corrected chi connectivity index (χ0v) is 16.4. The van der Waals surface area contributed by atoms with Crippen LogP contribution in [0.2, 0.25) is 0 Å². The Kier molecular flexibility index (Phi) is 6.63. The third kappa shape index (κ3) is 5.45. The SMILES string of the molecule is COc1ccc(C(=O)N[C@H](Nc2ccc(Br)cc2)C(Cl)(Cl)Cl)cc1. The number of carbonyl (C=O) groups excluding carboxylic acids is 1. The molecule has 2 N–H and O–H groups in total. The average molecular weight is 453 g/mol. The van der Waals surface area contributed by atoms with Crippen LogP contribution in [0.4, 0.5) is 5.69 Å². The Balaban J connectivity index is 2.13. The number of methoxy groups -OCH3 is 1. The molecule has 0 aromatic heterocycles. The van der Waals surface area contributed by atoms with E-state index >= 15 is 0 Å². The van der Waals surface area contributed by atoms with Gasteiger partial charge < -0.3 is 15.4 Å². The van der Waals surface area contributed by atoms with Crippen LogP contribution in [0.1, 0.15) is 10.4 Å². The standard InChI is InChI=1S/C16H14BrCl3N2O2/c1-24-13-8-2-10(3-9-13)14(23)22-15(16(18,19)20)21-12-6-4-11(17)5-7-12/h2-9,15,21H,1H3,(H,22,23)/t15-/m0/s1. The fourth-order valence-electron chi connectivity index (χ4n) is 1.87. The van der Waals surface area contributed by atoms with Gasteiger partial charge in [0.25, 0.3) is 5.91 Å². The predicted molar refractivity (Wildman–Crippen MR) is 102 cm³/mol. The molecule has 0 saturated carbocycles. The van der Waals surface area contributed by atoms with Crippen LogP contribution in [0.25, 0.3) is 0 Å². The summed E-state index contributed by atoms with van der Waals surface area (Å²) >= 11 is 21.3. The number of halogens is 4. The van der Waals surface area contributed by atoms with Crippen LogP contribution in [0, 0.1) is 0 Å². The van der Waals surface area contributed by atoms with Crippen LogP contribution in [-0.2, 0) is 0 Å². The third-order valence-corrected chi connectivity index (χ3v) is 4.29. The van der Waals surface area contributed by atoms with Gasteiger partial charge in [-0.05, 0) is 48.5 Å². The summed E-state index contributed by atoms with van der Waals surface area (Å²) in [5.74, 6) is 0.274. The molecule has 2 aromatic rings. The molecular formula is C16H14BrCl3N2O2. The third-order valence-electron chi connectivity index (χ3n) is 3.11. The van der Waals surface area contributed by atoms with Crippen molar-refractivity contribution in [2.24, 2.45) is 0 Å². The van der Waals surface area contributed by atoms with Crippen molar-refractivity contribution in [3.05, 3.63) is 58.6 Å². The molecular weight excluding hydrogens is 438 g/mol. The number of alkyl halides is 3. The first-order valence-corrected chi connectivity index (χ1v) is 8.76. The number of rotatable bonds is 5. The van der Waals surface area contributed by atoms with Crippen LogP contribution in [0.15, 0.2) is 53.0 Å². The van der Waals surface area contributed by atoms with Crippen molar-refractivity contribution in [2.45, 2.75) is 9.96 Å². The molecule has 2 aromatic carbocycles. The molecule has 0 radical (unpaired) electrons. The Labute approximate surface area is 163 Å². The van der Waals surface area contributed by atoms with Crippen LogP contribution in [0.3, 0.4) is 0 Å². The molecule has 2 rings (SSSR count). The van der Waals surface area contributed by atoms with Gasteiger partial charge >= 0.3 is 0 Å². The summed E-state index contributed by atoms with van der Waals surface area (Å²) in [6.07, 6.45) is -0.918. The summed E-state index contributed by atoms with van der Waals surface area (Å²) in [5.41, 5.74) is 1.12. The number of amides is 1. The molecule has 0 spiro atoms. The van der Waals surface area contributed by atoms with Gasteiger partial charge in [0.15, 0.2) is 0 Å². The minimum absolute atomic E-state index is 0.376. The van der Waals surface area contributed by atoms with E-state index in [0.29, 0.717) is 17.0 Å². The lowest BCUT2D eigenvalue weighted by molar-refractivity contribution is 0.0942. The Bertz CT molecular complexity index is 688. The Morgan fingerprint density at radius 1 is 1.08 bits per heavy atom. The molecule has 0 bridgehead atoms. The van der Waals surface area contributed by atoms with E-state index in [2.05, 4.69) is 26.6 Å². The first-order chi connectivity index (χ1) is 11.3. The van der Waals surface area contributed by atoms with Crippen LogP contribution in [-0.4, -0.2) is 23.0 Å². The topological polar surface area (TPSA) is 50.4 Å². The summed E-state index contributed by atoms with van der Waals surface area (Å²) in [6.45, 7) is 0. The van der Waals surface area contributed by atoms with Crippen molar-refractivity contribution in [3.63, 3.8) is 0 Å². The average Bonchev–Trinajstić information content (AvgIpc) is 2.55. The predicted octanol–water partition coefficient (Wildman–Crippen LogP) is 5.00. The second kappa shape index (κ2) is 8.30. The van der Waals surface area contributed by atoms with Gasteiger partial charge in [0.05, 0.1) is 7.11 Å². The van der Waals surface area contributed by atoms with E-state index in [1.165, 1.54) is 0 Å². The van der Waals surface area contributed by atoms with Gasteiger partial charge in [0.1, 0.15) is 11.9 Å². The molecule has 0 fully saturated rings. The van der Waals surface area contributed by atoms with E-state index in [0.717, 1.165) is 4.47 Å². The lowest BCUT2D eigenvalue weighted by atomic mass is 10.2. The molecule has 0 saturated heterocycles. The highest BCUT2D eigenvalue weighted by atomic mass is 79.9. The quantitative estimate of drug-likeness (QED) is 0.496. The highest BCUT2D eigenvalue weighted by Gasteiger charge is 2.34. The molecule has 128 valence electrons. The van der Waals surface area contributed by atoms with E-state index in [-0.39, 0.29) is 5.91 Å². The smallest absolute Gasteiger partial charge is 0.252 e. The van der Waals surface area contributed by atoms with Gasteiger partial charge in [-0.3, -0.25) is 4.79 Å². The Hall–Kier alpha value is -1.14. The largest absolute Gasteiger partial charge is 0.497 e. The second-order valence-corrected chi connectivity index (χ2v) is 8.11. The molecule has 4 nitrogen and oxygen atoms in total. The maximum Gasteiger partial charge on any atom is 0.252 e. The van der Waals surface area contributed by atoms with Crippen LogP contribution >= 0.6 is 50.7 Å². The van der Waals surface area contributed by atoms with Crippen molar-refractivity contribution < 1.29 is 9.53 Å². The molecule has 1 atom stereocenters. The van der Waals surface area contributed by atoms with Crippen molar-refractivity contribution in [1.29, 1.82) is 0 Å². The van der Waals surface area contributed by atoms with E-state index in [1.54, 1.807) is 43.5 Å². The first-order valence-electron chi connectivity index (χ1n) is 6.83. The molecule has 0 unspecified atom stereocenters.